The number of nitrogens with zero attached hydrogens (tertiary/aromatic N) is 4. The Kier molecular flexibility index (Phi) is 6.88. The summed E-state index contributed by atoms with van der Waals surface area (Å²) in [6.07, 6.45) is 4.95. The predicted molar refractivity (Wildman–Crippen MR) is 115 cm³/mol. The molecule has 0 N–H and O–H groups in total. The molecule has 0 saturated heterocycles. The first-order valence-electron chi connectivity index (χ1n) is 10.1. The van der Waals surface area contributed by atoms with Gasteiger partial charge in [0.25, 0.3) is 5.91 Å². The minimum Gasteiger partial charge on any atom is -0.487 e. The summed E-state index contributed by atoms with van der Waals surface area (Å²) in [5, 5.41) is 0. The van der Waals surface area contributed by atoms with Crippen LogP contribution in [-0.4, -0.2) is 58.8 Å². The van der Waals surface area contributed by atoms with Crippen LogP contribution in [0.25, 0.3) is 5.65 Å². The lowest BCUT2D eigenvalue weighted by molar-refractivity contribution is 0.0744. The van der Waals surface area contributed by atoms with Gasteiger partial charge >= 0.3 is 0 Å². The van der Waals surface area contributed by atoms with Gasteiger partial charge in [-0.15, -0.1) is 0 Å². The number of carbonyl (C=O) groups is 1. The van der Waals surface area contributed by atoms with E-state index in [0.29, 0.717) is 24.5 Å². The first-order chi connectivity index (χ1) is 14.0. The van der Waals surface area contributed by atoms with E-state index >= 15 is 0 Å². The zero-order chi connectivity index (χ0) is 20.8. The molecule has 0 aliphatic rings. The molecule has 0 atom stereocenters. The molecule has 3 aromatic rings. The predicted octanol–water partition coefficient (Wildman–Crippen LogP) is 3.64. The van der Waals surface area contributed by atoms with Gasteiger partial charge in [0.15, 0.2) is 0 Å². The Labute approximate surface area is 172 Å². The van der Waals surface area contributed by atoms with Crippen molar-refractivity contribution in [2.24, 2.45) is 0 Å². The van der Waals surface area contributed by atoms with Gasteiger partial charge in [0, 0.05) is 37.6 Å². The summed E-state index contributed by atoms with van der Waals surface area (Å²) in [7, 11) is 4.04. The lowest BCUT2D eigenvalue weighted by Gasteiger charge is -2.24. The molecule has 29 heavy (non-hydrogen) atoms. The Morgan fingerprint density at radius 1 is 1.10 bits per heavy atom. The minimum absolute atomic E-state index is 0.0438. The highest BCUT2D eigenvalue weighted by atomic mass is 16.5. The number of imidazole rings is 1. The molecule has 0 saturated carbocycles. The second-order valence-electron chi connectivity index (χ2n) is 7.62. The topological polar surface area (TPSA) is 50.1 Å². The molecule has 154 valence electrons. The monoisotopic (exact) mass is 394 g/mol. The molecule has 0 radical (unpaired) electrons. The van der Waals surface area contributed by atoms with Crippen LogP contribution in [0.5, 0.6) is 5.75 Å². The number of aromatic nitrogens is 2. The third-order valence-electron chi connectivity index (χ3n) is 4.71. The van der Waals surface area contributed by atoms with Gasteiger partial charge in [-0.1, -0.05) is 19.1 Å². The van der Waals surface area contributed by atoms with Crippen LogP contribution < -0.4 is 4.74 Å². The Balaban J connectivity index is 1.68. The highest BCUT2D eigenvalue weighted by Gasteiger charge is 2.16. The van der Waals surface area contributed by atoms with Crippen LogP contribution in [0.4, 0.5) is 0 Å². The van der Waals surface area contributed by atoms with E-state index in [1.807, 2.05) is 72.2 Å². The summed E-state index contributed by atoms with van der Waals surface area (Å²) >= 11 is 0. The zero-order valence-corrected chi connectivity index (χ0v) is 17.8. The number of hydrogen-bond acceptors (Lipinski definition) is 4. The summed E-state index contributed by atoms with van der Waals surface area (Å²) in [6, 6.07) is 11.4. The van der Waals surface area contributed by atoms with Gasteiger partial charge in [0.1, 0.15) is 18.0 Å². The Bertz CT molecular complexity index is 964. The Morgan fingerprint density at radius 3 is 2.69 bits per heavy atom. The van der Waals surface area contributed by atoms with Crippen LogP contribution >= 0.6 is 0 Å². The highest BCUT2D eigenvalue weighted by Crippen LogP contribution is 2.17. The van der Waals surface area contributed by atoms with Gasteiger partial charge in [0.05, 0.1) is 5.69 Å². The molecule has 0 spiro atoms. The van der Waals surface area contributed by atoms with Crippen molar-refractivity contribution >= 4 is 11.6 Å². The van der Waals surface area contributed by atoms with Gasteiger partial charge in [-0.05, 0) is 57.3 Å². The maximum absolute atomic E-state index is 13.0. The lowest BCUT2D eigenvalue weighted by Crippen LogP contribution is -2.37. The van der Waals surface area contributed by atoms with E-state index in [2.05, 4.69) is 23.7 Å². The summed E-state index contributed by atoms with van der Waals surface area (Å²) in [5.74, 6) is 0.718. The molecule has 2 aromatic heterocycles. The molecule has 0 aliphatic heterocycles. The summed E-state index contributed by atoms with van der Waals surface area (Å²) in [6.45, 7) is 6.81. The first-order valence-corrected chi connectivity index (χ1v) is 10.1. The average molecular weight is 395 g/mol. The summed E-state index contributed by atoms with van der Waals surface area (Å²) in [5.41, 5.74) is 3.58. The number of carbonyl (C=O) groups excluding carboxylic acids is 1. The quantitative estimate of drug-likeness (QED) is 0.556. The van der Waals surface area contributed by atoms with E-state index < -0.39 is 0 Å². The number of fused-ring (bicyclic) bond motifs is 1. The van der Waals surface area contributed by atoms with E-state index in [-0.39, 0.29) is 5.91 Å². The van der Waals surface area contributed by atoms with E-state index in [1.165, 1.54) is 5.56 Å². The molecular weight excluding hydrogens is 364 g/mol. The Morgan fingerprint density at radius 2 is 1.93 bits per heavy atom. The third-order valence-corrected chi connectivity index (χ3v) is 4.71. The number of likely N-dealkylation sites (N-methyl/N-ethyl adjacent to an activating group) is 1. The van der Waals surface area contributed by atoms with Gasteiger partial charge in [0.2, 0.25) is 0 Å². The highest BCUT2D eigenvalue weighted by molar-refractivity contribution is 5.94. The molecule has 0 unspecified atom stereocenters. The first kappa shape index (κ1) is 20.9. The number of pyridine rings is 1. The number of rotatable bonds is 9. The summed E-state index contributed by atoms with van der Waals surface area (Å²) < 4.78 is 7.93. The smallest absolute Gasteiger partial charge is 0.254 e. The molecule has 1 amide bonds. The van der Waals surface area contributed by atoms with Crippen molar-refractivity contribution in [2.75, 3.05) is 33.7 Å². The maximum Gasteiger partial charge on any atom is 0.254 e. The van der Waals surface area contributed by atoms with E-state index in [9.17, 15) is 4.79 Å². The molecular formula is C23H30N4O2. The van der Waals surface area contributed by atoms with E-state index in [1.54, 1.807) is 0 Å². The van der Waals surface area contributed by atoms with Crippen LogP contribution in [0.2, 0.25) is 0 Å². The number of ether oxygens (including phenoxy) is 1. The standard InChI is InChI=1S/C23H30N4O2/c1-5-11-26(13-12-25(3)4)23(28)19-7-6-8-21(14-19)29-17-20-16-27-15-18(2)9-10-22(27)24-20/h6-10,14-16H,5,11-13,17H2,1-4H3. The molecule has 6 nitrogen and oxygen atoms in total. The van der Waals surface area contributed by atoms with Gasteiger partial charge in [-0.25, -0.2) is 4.98 Å². The van der Waals surface area contributed by atoms with Crippen molar-refractivity contribution in [3.63, 3.8) is 0 Å². The van der Waals surface area contributed by atoms with Crippen LogP contribution in [0.15, 0.2) is 48.8 Å². The fraction of sp³-hybridized carbons (Fsp3) is 0.391. The molecule has 3 rings (SSSR count). The molecule has 1 aromatic carbocycles. The van der Waals surface area contributed by atoms with Crippen LogP contribution in [0.3, 0.4) is 0 Å². The number of aryl methyl sites for hydroxylation is 1. The van der Waals surface area contributed by atoms with Crippen molar-refractivity contribution in [1.82, 2.24) is 19.2 Å². The van der Waals surface area contributed by atoms with Crippen molar-refractivity contribution in [3.05, 3.63) is 65.6 Å². The number of amides is 1. The number of hydrogen-bond donors (Lipinski definition) is 0. The third kappa shape index (κ3) is 5.57. The largest absolute Gasteiger partial charge is 0.487 e. The minimum atomic E-state index is 0.0438. The number of benzene rings is 1. The Hall–Kier alpha value is -2.86. The fourth-order valence-corrected chi connectivity index (χ4v) is 3.19. The SMILES string of the molecule is CCCN(CCN(C)C)C(=O)c1cccc(OCc2cn3cc(C)ccc3n2)c1. The molecule has 0 aliphatic carbocycles. The molecule has 0 fully saturated rings. The maximum atomic E-state index is 13.0. The van der Waals surface area contributed by atoms with Crippen LogP contribution in [0.1, 0.15) is 35.0 Å². The van der Waals surface area contributed by atoms with Crippen molar-refractivity contribution in [3.8, 4) is 5.75 Å². The van der Waals surface area contributed by atoms with Crippen LogP contribution in [0, 0.1) is 6.92 Å². The lowest BCUT2D eigenvalue weighted by atomic mass is 10.2. The van der Waals surface area contributed by atoms with E-state index in [4.69, 9.17) is 4.74 Å². The molecule has 6 heteroatoms. The van der Waals surface area contributed by atoms with Gasteiger partial charge in [-0.3, -0.25) is 4.79 Å². The van der Waals surface area contributed by atoms with Gasteiger partial charge in [-0.2, -0.15) is 0 Å². The second kappa shape index (κ2) is 9.56. The van der Waals surface area contributed by atoms with Gasteiger partial charge < -0.3 is 18.9 Å². The van der Waals surface area contributed by atoms with E-state index in [0.717, 1.165) is 30.9 Å². The zero-order valence-electron chi connectivity index (χ0n) is 17.8. The van der Waals surface area contributed by atoms with Crippen molar-refractivity contribution in [2.45, 2.75) is 26.9 Å². The second-order valence-corrected chi connectivity index (χ2v) is 7.62. The normalized spacial score (nSPS) is 11.2. The molecule has 0 bridgehead atoms. The molecule has 2 heterocycles. The fourth-order valence-electron chi connectivity index (χ4n) is 3.19. The van der Waals surface area contributed by atoms with Crippen molar-refractivity contribution in [1.29, 1.82) is 0 Å². The van der Waals surface area contributed by atoms with Crippen LogP contribution in [-0.2, 0) is 6.61 Å². The average Bonchev–Trinajstić information content (AvgIpc) is 3.11. The summed E-state index contributed by atoms with van der Waals surface area (Å²) in [4.78, 5) is 21.5. The van der Waals surface area contributed by atoms with Crippen molar-refractivity contribution < 1.29 is 9.53 Å².